The van der Waals surface area contributed by atoms with Crippen LogP contribution in [0.3, 0.4) is 0 Å². The zero-order chi connectivity index (χ0) is 8.55. The second-order valence-electron chi connectivity index (χ2n) is 1.84. The molecule has 0 spiro atoms. The number of hydrogen-bond acceptors (Lipinski definition) is 5. The first kappa shape index (κ1) is 8.97. The van der Waals surface area contributed by atoms with E-state index in [0.29, 0.717) is 0 Å². The van der Waals surface area contributed by atoms with Gasteiger partial charge in [-0.25, -0.2) is 9.97 Å². The van der Waals surface area contributed by atoms with Crippen LogP contribution < -0.4 is 0 Å². The molecule has 0 aliphatic carbocycles. The SMILES string of the molecule is Brc1scnc1-c1nc(I)ns1. The Labute approximate surface area is 98.7 Å². The van der Waals surface area contributed by atoms with Crippen LogP contribution in [-0.4, -0.2) is 14.3 Å². The third kappa shape index (κ3) is 1.68. The van der Waals surface area contributed by atoms with Gasteiger partial charge in [-0.15, -0.1) is 11.3 Å². The molecule has 2 rings (SSSR count). The van der Waals surface area contributed by atoms with Crippen molar-refractivity contribution in [1.29, 1.82) is 0 Å². The highest BCUT2D eigenvalue weighted by molar-refractivity contribution is 14.1. The van der Waals surface area contributed by atoms with Crippen LogP contribution in [0.2, 0.25) is 0 Å². The summed E-state index contributed by atoms with van der Waals surface area (Å²) >= 11 is 8.41. The molecular formula is C5HBrIN3S2. The Kier molecular flexibility index (Phi) is 2.72. The standard InChI is InChI=1S/C5HBrIN3S2/c6-3-2(8-1-11-3)4-9-5(7)10-12-4/h1H. The van der Waals surface area contributed by atoms with E-state index < -0.39 is 0 Å². The van der Waals surface area contributed by atoms with Crippen molar-refractivity contribution in [3.8, 4) is 10.7 Å². The smallest absolute Gasteiger partial charge is 0.203 e. The van der Waals surface area contributed by atoms with Crippen LogP contribution in [0.25, 0.3) is 10.7 Å². The molecule has 0 bridgehead atoms. The molecule has 2 aromatic rings. The van der Waals surface area contributed by atoms with E-state index in [1.807, 2.05) is 0 Å². The Morgan fingerprint density at radius 3 is 2.83 bits per heavy atom. The van der Waals surface area contributed by atoms with E-state index in [0.717, 1.165) is 18.3 Å². The van der Waals surface area contributed by atoms with E-state index in [9.17, 15) is 0 Å². The maximum Gasteiger partial charge on any atom is 0.203 e. The monoisotopic (exact) mass is 373 g/mol. The van der Waals surface area contributed by atoms with Crippen molar-refractivity contribution >= 4 is 61.4 Å². The molecule has 0 amide bonds. The minimum absolute atomic E-state index is 0.771. The molecule has 0 fully saturated rings. The first-order valence-corrected chi connectivity index (χ1v) is 6.38. The number of hydrogen-bond donors (Lipinski definition) is 0. The normalized spacial score (nSPS) is 10.5. The zero-order valence-corrected chi connectivity index (χ0v) is 10.9. The molecule has 2 heterocycles. The quantitative estimate of drug-likeness (QED) is 0.721. The van der Waals surface area contributed by atoms with Gasteiger partial charge in [0.2, 0.25) is 3.83 Å². The second-order valence-corrected chi connectivity index (χ2v) is 5.73. The molecule has 0 saturated heterocycles. The Morgan fingerprint density at radius 1 is 1.50 bits per heavy atom. The zero-order valence-electron chi connectivity index (χ0n) is 5.49. The molecule has 2 aromatic heterocycles. The van der Waals surface area contributed by atoms with Crippen LogP contribution >= 0.6 is 61.4 Å². The molecule has 3 nitrogen and oxygen atoms in total. The largest absolute Gasteiger partial charge is 0.241 e. The van der Waals surface area contributed by atoms with Gasteiger partial charge in [-0.2, -0.15) is 4.37 Å². The predicted octanol–water partition coefficient (Wildman–Crippen LogP) is 3.03. The third-order valence-electron chi connectivity index (χ3n) is 1.13. The fraction of sp³-hybridized carbons (Fsp3) is 0. The van der Waals surface area contributed by atoms with Crippen LogP contribution in [0.1, 0.15) is 0 Å². The van der Waals surface area contributed by atoms with E-state index in [1.165, 1.54) is 11.5 Å². The van der Waals surface area contributed by atoms with Gasteiger partial charge in [0.1, 0.15) is 9.48 Å². The summed E-state index contributed by atoms with van der Waals surface area (Å²) in [7, 11) is 0. The van der Waals surface area contributed by atoms with Gasteiger partial charge < -0.3 is 0 Å². The first-order valence-electron chi connectivity index (χ1n) is 2.86. The molecule has 0 aliphatic heterocycles. The van der Waals surface area contributed by atoms with E-state index in [2.05, 4.69) is 52.9 Å². The number of aromatic nitrogens is 3. The Bertz CT molecular complexity index is 399. The number of thiazole rings is 1. The number of halogens is 2. The van der Waals surface area contributed by atoms with E-state index in [-0.39, 0.29) is 0 Å². The molecule has 0 N–H and O–H groups in total. The van der Waals surface area contributed by atoms with Crippen molar-refractivity contribution in [3.05, 3.63) is 13.1 Å². The molecule has 0 radical (unpaired) electrons. The van der Waals surface area contributed by atoms with E-state index >= 15 is 0 Å². The molecule has 0 atom stereocenters. The van der Waals surface area contributed by atoms with Gasteiger partial charge in [0.15, 0.2) is 5.01 Å². The van der Waals surface area contributed by atoms with Gasteiger partial charge in [-0.3, -0.25) is 0 Å². The van der Waals surface area contributed by atoms with Gasteiger partial charge in [0.05, 0.1) is 5.51 Å². The molecule has 62 valence electrons. The summed E-state index contributed by atoms with van der Waals surface area (Å²) in [5, 5.41) is 0.868. The molecule has 7 heteroatoms. The van der Waals surface area contributed by atoms with Crippen LogP contribution in [0.5, 0.6) is 0 Å². The summed E-state index contributed by atoms with van der Waals surface area (Å²) in [5.74, 6) is 0. The summed E-state index contributed by atoms with van der Waals surface area (Å²) < 4.78 is 5.85. The van der Waals surface area contributed by atoms with Crippen molar-refractivity contribution in [2.24, 2.45) is 0 Å². The van der Waals surface area contributed by atoms with Crippen LogP contribution in [-0.2, 0) is 0 Å². The topological polar surface area (TPSA) is 38.7 Å². The molecule has 12 heavy (non-hydrogen) atoms. The van der Waals surface area contributed by atoms with E-state index in [1.54, 1.807) is 16.8 Å². The lowest BCUT2D eigenvalue weighted by atomic mass is 10.5. The fourth-order valence-corrected chi connectivity index (χ4v) is 3.19. The average Bonchev–Trinajstić information content (AvgIpc) is 2.58. The van der Waals surface area contributed by atoms with Gasteiger partial charge in [0.25, 0.3) is 0 Å². The summed E-state index contributed by atoms with van der Waals surface area (Å²) in [6, 6.07) is 0. The molecule has 0 unspecified atom stereocenters. The average molecular weight is 374 g/mol. The lowest BCUT2D eigenvalue weighted by Crippen LogP contribution is -1.76. The Hall–Kier alpha value is 0.400. The lowest BCUT2D eigenvalue weighted by molar-refractivity contribution is 1.24. The number of nitrogens with zero attached hydrogens (tertiary/aromatic N) is 3. The minimum Gasteiger partial charge on any atom is -0.241 e. The van der Waals surface area contributed by atoms with E-state index in [4.69, 9.17) is 0 Å². The molecule has 0 saturated carbocycles. The lowest BCUT2D eigenvalue weighted by Gasteiger charge is -1.85. The maximum atomic E-state index is 4.22. The van der Waals surface area contributed by atoms with Crippen molar-refractivity contribution in [1.82, 2.24) is 14.3 Å². The summed E-state index contributed by atoms with van der Waals surface area (Å²) in [6.07, 6.45) is 0. The first-order chi connectivity index (χ1) is 5.77. The highest BCUT2D eigenvalue weighted by Gasteiger charge is 2.10. The van der Waals surface area contributed by atoms with Gasteiger partial charge in [0, 0.05) is 22.6 Å². The van der Waals surface area contributed by atoms with Crippen LogP contribution in [0.4, 0.5) is 0 Å². The molecule has 0 aromatic carbocycles. The van der Waals surface area contributed by atoms with Gasteiger partial charge >= 0.3 is 0 Å². The van der Waals surface area contributed by atoms with Crippen LogP contribution in [0, 0.1) is 3.83 Å². The summed E-state index contributed by atoms with van der Waals surface area (Å²) in [4.78, 5) is 8.40. The Morgan fingerprint density at radius 2 is 2.33 bits per heavy atom. The molecular weight excluding hydrogens is 373 g/mol. The summed E-state index contributed by atoms with van der Waals surface area (Å²) in [5.41, 5.74) is 2.67. The predicted molar refractivity (Wildman–Crippen MR) is 61.4 cm³/mol. The molecule has 0 aliphatic rings. The van der Waals surface area contributed by atoms with Crippen molar-refractivity contribution < 1.29 is 0 Å². The van der Waals surface area contributed by atoms with Gasteiger partial charge in [-0.05, 0) is 27.5 Å². The summed E-state index contributed by atoms with van der Waals surface area (Å²) in [6.45, 7) is 0. The Balaban J connectivity index is 2.50. The van der Waals surface area contributed by atoms with Crippen molar-refractivity contribution in [3.63, 3.8) is 0 Å². The highest BCUT2D eigenvalue weighted by atomic mass is 127. The van der Waals surface area contributed by atoms with Gasteiger partial charge in [-0.1, -0.05) is 0 Å². The maximum absolute atomic E-state index is 4.22. The van der Waals surface area contributed by atoms with Crippen LogP contribution in [0.15, 0.2) is 9.30 Å². The minimum atomic E-state index is 0.771. The highest BCUT2D eigenvalue weighted by Crippen LogP contribution is 2.31. The fourth-order valence-electron chi connectivity index (χ4n) is 0.673. The second kappa shape index (κ2) is 3.64. The third-order valence-corrected chi connectivity index (χ3v) is 4.21. The van der Waals surface area contributed by atoms with Crippen molar-refractivity contribution in [2.45, 2.75) is 0 Å². The van der Waals surface area contributed by atoms with Crippen molar-refractivity contribution in [2.75, 3.05) is 0 Å². The number of rotatable bonds is 1.